The molecule has 1 aliphatic heterocycles. The molecule has 0 radical (unpaired) electrons. The molecule has 0 bridgehead atoms. The fourth-order valence-corrected chi connectivity index (χ4v) is 4.25. The van der Waals surface area contributed by atoms with Gasteiger partial charge in [-0.05, 0) is 40.5 Å². The normalized spacial score (nSPS) is 14.5. The molecule has 1 amide bonds. The Morgan fingerprint density at radius 3 is 2.97 bits per heavy atom. The summed E-state index contributed by atoms with van der Waals surface area (Å²) >= 11 is 1.39. The number of nitrogen functional groups attached to an aromatic ring is 1. The van der Waals surface area contributed by atoms with Crippen LogP contribution in [0.25, 0.3) is 11.3 Å². The minimum Gasteiger partial charge on any atom is -0.494 e. The summed E-state index contributed by atoms with van der Waals surface area (Å²) in [6.45, 7) is 6.02. The summed E-state index contributed by atoms with van der Waals surface area (Å²) in [7, 11) is 0. The Hall–Kier alpha value is -2.95. The molecule has 4 N–H and O–H groups in total. The van der Waals surface area contributed by atoms with Crippen molar-refractivity contribution in [3.05, 3.63) is 41.3 Å². The Labute approximate surface area is 184 Å². The van der Waals surface area contributed by atoms with Gasteiger partial charge >= 0.3 is 0 Å². The van der Waals surface area contributed by atoms with E-state index in [9.17, 15) is 4.79 Å². The molecule has 1 saturated heterocycles. The predicted octanol–water partition coefficient (Wildman–Crippen LogP) is 2.24. The number of nitrogens with zero attached hydrogens (tertiary/aromatic N) is 3. The highest BCUT2D eigenvalue weighted by molar-refractivity contribution is 7.14. The van der Waals surface area contributed by atoms with Crippen molar-refractivity contribution in [2.45, 2.75) is 12.8 Å². The number of anilines is 2. The third kappa shape index (κ3) is 6.03. The first-order valence-corrected chi connectivity index (χ1v) is 11.2. The molecule has 1 aromatic carbocycles. The quantitative estimate of drug-likeness (QED) is 0.432. The van der Waals surface area contributed by atoms with Crippen molar-refractivity contribution < 1.29 is 14.2 Å². The highest BCUT2D eigenvalue weighted by atomic mass is 32.1. The maximum atomic E-state index is 12.5. The van der Waals surface area contributed by atoms with E-state index in [1.54, 1.807) is 6.07 Å². The van der Waals surface area contributed by atoms with Crippen LogP contribution in [0.1, 0.15) is 12.0 Å². The predicted molar refractivity (Wildman–Crippen MR) is 120 cm³/mol. The third-order valence-corrected chi connectivity index (χ3v) is 5.86. The van der Waals surface area contributed by atoms with E-state index in [4.69, 9.17) is 10.5 Å². The molecule has 31 heavy (non-hydrogen) atoms. The van der Waals surface area contributed by atoms with E-state index in [2.05, 4.69) is 30.5 Å². The minimum atomic E-state index is -0.101. The van der Waals surface area contributed by atoms with Crippen LogP contribution in [0, 0.1) is 0 Å². The lowest BCUT2D eigenvalue weighted by atomic mass is 10.1. The Bertz CT molecular complexity index is 998. The Kier molecular flexibility index (Phi) is 7.13. The molecule has 0 atom stereocenters. The average molecular weight is 443 g/mol. The number of benzene rings is 1. The lowest BCUT2D eigenvalue weighted by Gasteiger charge is -2.26. The number of carbonyl (C=O) groups excluding carboxylic acids is 1. The molecule has 164 valence electrons. The van der Waals surface area contributed by atoms with E-state index in [0.717, 1.165) is 56.0 Å². The summed E-state index contributed by atoms with van der Waals surface area (Å²) in [5.41, 5.74) is 7.85. The van der Waals surface area contributed by atoms with E-state index in [1.807, 2.05) is 29.6 Å². The topological polar surface area (TPSA) is 119 Å². The molecule has 9 nitrogen and oxygen atoms in total. The molecule has 0 spiro atoms. The highest BCUT2D eigenvalue weighted by Crippen LogP contribution is 2.30. The SMILES string of the molecule is Nc1nonc1-c1csc(NC(=O)Cc2cccc(OCCCN3CCNCC3)c2)c1. The van der Waals surface area contributed by atoms with Crippen LogP contribution in [0.15, 0.2) is 40.3 Å². The monoisotopic (exact) mass is 442 g/mol. The maximum absolute atomic E-state index is 12.5. The molecular weight excluding hydrogens is 416 g/mol. The summed E-state index contributed by atoms with van der Waals surface area (Å²) in [4.78, 5) is 14.9. The smallest absolute Gasteiger partial charge is 0.229 e. The molecule has 0 aliphatic carbocycles. The van der Waals surface area contributed by atoms with Crippen LogP contribution < -0.4 is 21.1 Å². The average Bonchev–Trinajstić information content (AvgIpc) is 3.40. The first-order valence-electron chi connectivity index (χ1n) is 10.3. The molecular formula is C21H26N6O3S. The minimum absolute atomic E-state index is 0.101. The number of piperazine rings is 1. The Balaban J connectivity index is 1.24. The van der Waals surface area contributed by atoms with Crippen LogP contribution in [0.4, 0.5) is 10.8 Å². The van der Waals surface area contributed by atoms with Gasteiger partial charge in [-0.15, -0.1) is 11.3 Å². The number of hydrogen-bond donors (Lipinski definition) is 3. The summed E-state index contributed by atoms with van der Waals surface area (Å²) in [6.07, 6.45) is 1.25. The van der Waals surface area contributed by atoms with Crippen molar-refractivity contribution in [2.24, 2.45) is 0 Å². The molecule has 2 aromatic heterocycles. The van der Waals surface area contributed by atoms with E-state index in [-0.39, 0.29) is 18.1 Å². The van der Waals surface area contributed by atoms with Crippen LogP contribution in [0.5, 0.6) is 5.75 Å². The Morgan fingerprint density at radius 1 is 1.29 bits per heavy atom. The standard InChI is InChI=1S/C21H26N6O3S/c22-21-20(25-30-26-21)16-13-19(31-14-16)24-18(28)12-15-3-1-4-17(11-15)29-10-2-7-27-8-5-23-6-9-27/h1,3-4,11,13-14,23H,2,5-10,12H2,(H2,22,26)(H,24,28). The fourth-order valence-electron chi connectivity index (χ4n) is 3.45. The second-order valence-electron chi connectivity index (χ2n) is 7.36. The summed E-state index contributed by atoms with van der Waals surface area (Å²) in [6, 6.07) is 9.49. The number of ether oxygens (including phenoxy) is 1. The number of carbonyl (C=O) groups is 1. The molecule has 10 heteroatoms. The number of hydrogen-bond acceptors (Lipinski definition) is 9. The van der Waals surface area contributed by atoms with Gasteiger partial charge in [-0.1, -0.05) is 12.1 Å². The van der Waals surface area contributed by atoms with Gasteiger partial charge in [0, 0.05) is 43.7 Å². The molecule has 1 fully saturated rings. The van der Waals surface area contributed by atoms with E-state index in [1.165, 1.54) is 11.3 Å². The van der Waals surface area contributed by atoms with Gasteiger partial charge in [0.1, 0.15) is 5.75 Å². The van der Waals surface area contributed by atoms with Crippen molar-refractivity contribution in [1.29, 1.82) is 0 Å². The zero-order valence-electron chi connectivity index (χ0n) is 17.2. The fraction of sp³-hybridized carbons (Fsp3) is 0.381. The number of nitrogens with two attached hydrogens (primary N) is 1. The van der Waals surface area contributed by atoms with Crippen molar-refractivity contribution in [2.75, 3.05) is 50.4 Å². The van der Waals surface area contributed by atoms with Gasteiger partial charge in [0.15, 0.2) is 11.5 Å². The first kappa shape index (κ1) is 21.3. The third-order valence-electron chi connectivity index (χ3n) is 5.01. The summed E-state index contributed by atoms with van der Waals surface area (Å²) in [5.74, 6) is 0.911. The van der Waals surface area contributed by atoms with Gasteiger partial charge < -0.3 is 26.0 Å². The van der Waals surface area contributed by atoms with Gasteiger partial charge in [-0.3, -0.25) is 4.79 Å². The molecule has 3 aromatic rings. The van der Waals surface area contributed by atoms with Gasteiger partial charge in [0.2, 0.25) is 5.91 Å². The van der Waals surface area contributed by atoms with Crippen molar-refractivity contribution >= 4 is 28.1 Å². The number of nitrogens with one attached hydrogen (secondary N) is 2. The number of thiophene rings is 1. The molecule has 1 aliphatic rings. The lowest BCUT2D eigenvalue weighted by molar-refractivity contribution is -0.115. The number of rotatable bonds is 9. The van der Waals surface area contributed by atoms with Crippen LogP contribution in [0.2, 0.25) is 0 Å². The van der Waals surface area contributed by atoms with Crippen molar-refractivity contribution in [3.63, 3.8) is 0 Å². The summed E-state index contributed by atoms with van der Waals surface area (Å²) < 4.78 is 10.5. The molecule has 0 saturated carbocycles. The maximum Gasteiger partial charge on any atom is 0.229 e. The van der Waals surface area contributed by atoms with Crippen LogP contribution in [-0.4, -0.2) is 60.5 Å². The zero-order chi connectivity index (χ0) is 21.5. The second-order valence-corrected chi connectivity index (χ2v) is 8.27. The van der Waals surface area contributed by atoms with Gasteiger partial charge in [0.25, 0.3) is 0 Å². The van der Waals surface area contributed by atoms with E-state index >= 15 is 0 Å². The first-order chi connectivity index (χ1) is 15.2. The Morgan fingerprint density at radius 2 is 2.16 bits per heavy atom. The summed E-state index contributed by atoms with van der Waals surface area (Å²) in [5, 5.41) is 16.2. The van der Waals surface area contributed by atoms with Gasteiger partial charge in [-0.2, -0.15) is 0 Å². The molecule has 0 unspecified atom stereocenters. The van der Waals surface area contributed by atoms with Gasteiger partial charge in [-0.25, -0.2) is 4.63 Å². The highest BCUT2D eigenvalue weighted by Gasteiger charge is 2.13. The van der Waals surface area contributed by atoms with Crippen LogP contribution in [-0.2, 0) is 11.2 Å². The van der Waals surface area contributed by atoms with E-state index < -0.39 is 0 Å². The van der Waals surface area contributed by atoms with Crippen LogP contribution >= 0.6 is 11.3 Å². The molecule has 4 rings (SSSR count). The second kappa shape index (κ2) is 10.4. The lowest BCUT2D eigenvalue weighted by Crippen LogP contribution is -2.43. The van der Waals surface area contributed by atoms with Gasteiger partial charge in [0.05, 0.1) is 18.0 Å². The largest absolute Gasteiger partial charge is 0.494 e. The molecule has 3 heterocycles. The van der Waals surface area contributed by atoms with Crippen molar-refractivity contribution in [1.82, 2.24) is 20.5 Å². The number of aromatic nitrogens is 2. The van der Waals surface area contributed by atoms with E-state index in [0.29, 0.717) is 17.3 Å². The number of amides is 1. The zero-order valence-corrected chi connectivity index (χ0v) is 18.0. The van der Waals surface area contributed by atoms with Crippen molar-refractivity contribution in [3.8, 4) is 17.0 Å². The van der Waals surface area contributed by atoms with Crippen LogP contribution in [0.3, 0.4) is 0 Å².